The van der Waals surface area contributed by atoms with Gasteiger partial charge in [0.1, 0.15) is 0 Å². The summed E-state index contributed by atoms with van der Waals surface area (Å²) in [6.45, 7) is 1.27. The summed E-state index contributed by atoms with van der Waals surface area (Å²) >= 11 is 0. The number of unbranched alkanes of at least 4 members (excludes halogenated alkanes) is 1. The van der Waals surface area contributed by atoms with Crippen molar-refractivity contribution in [2.24, 2.45) is 11.8 Å². The molecule has 0 radical (unpaired) electrons. The van der Waals surface area contributed by atoms with Gasteiger partial charge in [0.2, 0.25) is 0 Å². The molecular weight excluding hydrogens is 216 g/mol. The Morgan fingerprint density at radius 3 is 2.35 bits per heavy atom. The van der Waals surface area contributed by atoms with Gasteiger partial charge < -0.3 is 14.9 Å². The van der Waals surface area contributed by atoms with Gasteiger partial charge in [-0.3, -0.25) is 0 Å². The Morgan fingerprint density at radius 1 is 1.00 bits per heavy atom. The molecule has 0 aliphatic heterocycles. The van der Waals surface area contributed by atoms with Gasteiger partial charge >= 0.3 is 0 Å². The molecule has 0 aromatic heterocycles. The fraction of sp³-hybridized carbons (Fsp3) is 1.00. The van der Waals surface area contributed by atoms with Crippen LogP contribution in [0.15, 0.2) is 0 Å². The zero-order valence-electron chi connectivity index (χ0n) is 10.9. The van der Waals surface area contributed by atoms with Crippen molar-refractivity contribution in [2.45, 2.75) is 51.4 Å². The molecule has 1 aliphatic carbocycles. The quantitative estimate of drug-likeness (QED) is 0.612. The van der Waals surface area contributed by atoms with Crippen molar-refractivity contribution in [1.29, 1.82) is 0 Å². The van der Waals surface area contributed by atoms with E-state index in [9.17, 15) is 0 Å². The number of aliphatic hydroxyl groups is 2. The number of rotatable bonds is 9. The van der Waals surface area contributed by atoms with Crippen molar-refractivity contribution in [3.63, 3.8) is 0 Å². The molecule has 17 heavy (non-hydrogen) atoms. The van der Waals surface area contributed by atoms with Gasteiger partial charge in [0.15, 0.2) is 0 Å². The van der Waals surface area contributed by atoms with Crippen LogP contribution in [0.1, 0.15) is 51.4 Å². The molecule has 0 aromatic rings. The van der Waals surface area contributed by atoms with Crippen LogP contribution >= 0.6 is 0 Å². The maximum absolute atomic E-state index is 8.86. The minimum absolute atomic E-state index is 0.0125. The minimum atomic E-state index is -0.103. The summed E-state index contributed by atoms with van der Waals surface area (Å²) in [6.07, 6.45) is 10.9. The van der Waals surface area contributed by atoms with E-state index in [2.05, 4.69) is 0 Å². The Hall–Kier alpha value is -0.120. The van der Waals surface area contributed by atoms with Crippen molar-refractivity contribution in [2.75, 3.05) is 26.4 Å². The monoisotopic (exact) mass is 244 g/mol. The number of ether oxygens (including phenoxy) is 1. The zero-order chi connectivity index (χ0) is 12.3. The summed E-state index contributed by atoms with van der Waals surface area (Å²) in [6, 6.07) is 0. The molecule has 0 aromatic carbocycles. The highest BCUT2D eigenvalue weighted by molar-refractivity contribution is 4.65. The van der Waals surface area contributed by atoms with E-state index >= 15 is 0 Å². The second kappa shape index (κ2) is 9.86. The molecule has 3 heteroatoms. The standard InChI is InChI=1S/C14H28O3/c15-10-14(11-16)12-17-9-5-4-8-13-6-2-1-3-7-13/h13-16H,1-12H2. The topological polar surface area (TPSA) is 49.7 Å². The third kappa shape index (κ3) is 7.02. The Balaban J connectivity index is 1.86. The van der Waals surface area contributed by atoms with Crippen LogP contribution in [0.25, 0.3) is 0 Å². The Morgan fingerprint density at radius 2 is 1.71 bits per heavy atom. The fourth-order valence-electron chi connectivity index (χ4n) is 2.53. The lowest BCUT2D eigenvalue weighted by Gasteiger charge is -2.21. The van der Waals surface area contributed by atoms with E-state index in [1.54, 1.807) is 0 Å². The molecule has 1 saturated carbocycles. The van der Waals surface area contributed by atoms with E-state index in [-0.39, 0.29) is 19.1 Å². The Kier molecular flexibility index (Phi) is 8.67. The summed E-state index contributed by atoms with van der Waals surface area (Å²) < 4.78 is 5.45. The minimum Gasteiger partial charge on any atom is -0.396 e. The first-order chi connectivity index (χ1) is 8.36. The summed E-state index contributed by atoms with van der Waals surface area (Å²) in [5.41, 5.74) is 0. The largest absolute Gasteiger partial charge is 0.396 e. The molecule has 0 amide bonds. The molecule has 3 nitrogen and oxygen atoms in total. The Bertz CT molecular complexity index is 163. The summed E-state index contributed by atoms with van der Waals surface area (Å²) in [5, 5.41) is 17.7. The maximum atomic E-state index is 8.86. The van der Waals surface area contributed by atoms with Gasteiger partial charge in [0.05, 0.1) is 19.8 Å². The van der Waals surface area contributed by atoms with E-state index in [1.165, 1.54) is 44.9 Å². The highest BCUT2D eigenvalue weighted by atomic mass is 16.5. The summed E-state index contributed by atoms with van der Waals surface area (Å²) in [7, 11) is 0. The second-order valence-electron chi connectivity index (χ2n) is 5.31. The van der Waals surface area contributed by atoms with Gasteiger partial charge in [-0.05, 0) is 12.3 Å². The van der Waals surface area contributed by atoms with Crippen LogP contribution in [-0.2, 0) is 4.74 Å². The van der Waals surface area contributed by atoms with Gasteiger partial charge in [-0.1, -0.05) is 44.9 Å². The summed E-state index contributed by atoms with van der Waals surface area (Å²) in [5.74, 6) is 0.861. The van der Waals surface area contributed by atoms with E-state index in [0.29, 0.717) is 6.61 Å². The van der Waals surface area contributed by atoms with Gasteiger partial charge in [0, 0.05) is 12.5 Å². The number of hydrogen-bond donors (Lipinski definition) is 2. The first-order valence-corrected chi connectivity index (χ1v) is 7.16. The van der Waals surface area contributed by atoms with Crippen LogP contribution in [0.3, 0.4) is 0 Å². The van der Waals surface area contributed by atoms with E-state index in [1.807, 2.05) is 0 Å². The van der Waals surface area contributed by atoms with Gasteiger partial charge in [-0.15, -0.1) is 0 Å². The molecule has 1 fully saturated rings. The van der Waals surface area contributed by atoms with Crippen LogP contribution in [-0.4, -0.2) is 36.6 Å². The lowest BCUT2D eigenvalue weighted by Crippen LogP contribution is -2.18. The molecule has 0 heterocycles. The van der Waals surface area contributed by atoms with Crippen molar-refractivity contribution in [1.82, 2.24) is 0 Å². The van der Waals surface area contributed by atoms with Crippen molar-refractivity contribution < 1.29 is 14.9 Å². The first kappa shape index (κ1) is 14.9. The van der Waals surface area contributed by atoms with Crippen LogP contribution in [0.2, 0.25) is 0 Å². The molecular formula is C14H28O3. The normalized spacial score (nSPS) is 17.8. The average molecular weight is 244 g/mol. The lowest BCUT2D eigenvalue weighted by atomic mass is 9.86. The predicted octanol–water partition coefficient (Wildman–Crippen LogP) is 2.35. The van der Waals surface area contributed by atoms with Gasteiger partial charge in [-0.25, -0.2) is 0 Å². The van der Waals surface area contributed by atoms with Crippen molar-refractivity contribution in [3.05, 3.63) is 0 Å². The molecule has 1 rings (SSSR count). The van der Waals surface area contributed by atoms with Crippen LogP contribution in [0.5, 0.6) is 0 Å². The molecule has 102 valence electrons. The fourth-order valence-corrected chi connectivity index (χ4v) is 2.53. The van der Waals surface area contributed by atoms with Crippen molar-refractivity contribution >= 4 is 0 Å². The molecule has 2 N–H and O–H groups in total. The predicted molar refractivity (Wildman–Crippen MR) is 68.9 cm³/mol. The highest BCUT2D eigenvalue weighted by Crippen LogP contribution is 2.27. The summed E-state index contributed by atoms with van der Waals surface area (Å²) in [4.78, 5) is 0. The molecule has 1 aliphatic rings. The van der Waals surface area contributed by atoms with Crippen LogP contribution < -0.4 is 0 Å². The maximum Gasteiger partial charge on any atom is 0.0538 e. The zero-order valence-corrected chi connectivity index (χ0v) is 10.9. The molecule has 0 bridgehead atoms. The highest BCUT2D eigenvalue weighted by Gasteiger charge is 2.12. The lowest BCUT2D eigenvalue weighted by molar-refractivity contribution is 0.0432. The van der Waals surface area contributed by atoms with E-state index in [0.717, 1.165) is 18.9 Å². The van der Waals surface area contributed by atoms with Gasteiger partial charge in [0.25, 0.3) is 0 Å². The molecule has 0 saturated heterocycles. The Labute approximate surface area is 105 Å². The third-order valence-electron chi connectivity index (χ3n) is 3.75. The first-order valence-electron chi connectivity index (χ1n) is 7.16. The van der Waals surface area contributed by atoms with Gasteiger partial charge in [-0.2, -0.15) is 0 Å². The average Bonchev–Trinajstić information content (AvgIpc) is 2.39. The smallest absolute Gasteiger partial charge is 0.0538 e. The second-order valence-corrected chi connectivity index (χ2v) is 5.31. The SMILES string of the molecule is OCC(CO)COCCCCC1CCCCC1. The van der Waals surface area contributed by atoms with Crippen molar-refractivity contribution in [3.8, 4) is 0 Å². The van der Waals surface area contributed by atoms with Crippen LogP contribution in [0.4, 0.5) is 0 Å². The van der Waals surface area contributed by atoms with Crippen LogP contribution in [0, 0.1) is 11.8 Å². The number of hydrogen-bond acceptors (Lipinski definition) is 3. The molecule has 0 unspecified atom stereocenters. The van der Waals surface area contributed by atoms with E-state index in [4.69, 9.17) is 14.9 Å². The number of aliphatic hydroxyl groups excluding tert-OH is 2. The molecule has 0 spiro atoms. The molecule has 0 atom stereocenters. The van der Waals surface area contributed by atoms with E-state index < -0.39 is 0 Å². The third-order valence-corrected chi connectivity index (χ3v) is 3.75.